The predicted molar refractivity (Wildman–Crippen MR) is 110 cm³/mol. The van der Waals surface area contributed by atoms with Crippen LogP contribution >= 0.6 is 0 Å². The number of hydrogen-bond donors (Lipinski definition) is 0. The van der Waals surface area contributed by atoms with Crippen LogP contribution in [0.25, 0.3) is 33.9 Å². The Kier molecular flexibility index (Phi) is 4.53. The number of hydrogen-bond acceptors (Lipinski definition) is 2. The molecule has 0 radical (unpaired) electrons. The van der Waals surface area contributed by atoms with Gasteiger partial charge in [-0.05, 0) is 50.2 Å². The Morgan fingerprint density at radius 2 is 0.857 bits per heavy atom. The minimum absolute atomic E-state index is 0.323. The molecule has 28 heavy (non-hydrogen) atoms. The largest absolute Gasteiger partial charge is 0.618 e. The average Bonchev–Trinajstić information content (AvgIpc) is 2.69. The minimum atomic E-state index is 0.323. The Hall–Kier alpha value is -3.66. The van der Waals surface area contributed by atoms with E-state index in [1.54, 1.807) is 36.4 Å². The zero-order valence-corrected chi connectivity index (χ0v) is 15.8. The van der Waals surface area contributed by atoms with Gasteiger partial charge < -0.3 is 10.4 Å². The maximum Gasteiger partial charge on any atom is 0.290 e. The second kappa shape index (κ2) is 7.16. The molecule has 0 amide bonds. The first kappa shape index (κ1) is 17.7. The van der Waals surface area contributed by atoms with E-state index >= 15 is 0 Å². The van der Waals surface area contributed by atoms with Crippen LogP contribution in [0.2, 0.25) is 0 Å². The van der Waals surface area contributed by atoms with Crippen molar-refractivity contribution in [1.82, 2.24) is 0 Å². The molecule has 4 rings (SSSR count). The molecular weight excluding hydrogens is 348 g/mol. The van der Waals surface area contributed by atoms with E-state index in [0.29, 0.717) is 22.8 Å². The summed E-state index contributed by atoms with van der Waals surface area (Å²) in [6.45, 7) is 3.97. The summed E-state index contributed by atoms with van der Waals surface area (Å²) >= 11 is 0. The Labute approximate surface area is 164 Å². The van der Waals surface area contributed by atoms with Gasteiger partial charge in [0.1, 0.15) is 0 Å². The van der Waals surface area contributed by atoms with Gasteiger partial charge in [-0.2, -0.15) is 9.46 Å². The fourth-order valence-electron chi connectivity index (χ4n) is 3.41. The molecule has 2 aromatic heterocycles. The lowest BCUT2D eigenvalue weighted by molar-refractivity contribution is -0.614. The highest BCUT2D eigenvalue weighted by atomic mass is 16.5. The lowest BCUT2D eigenvalue weighted by atomic mass is 10.1. The van der Waals surface area contributed by atoms with Gasteiger partial charge in [0.05, 0.1) is 0 Å². The van der Waals surface area contributed by atoms with Crippen molar-refractivity contribution in [1.29, 1.82) is 0 Å². The molecule has 0 aliphatic carbocycles. The lowest BCUT2D eigenvalue weighted by Crippen LogP contribution is -2.39. The van der Waals surface area contributed by atoms with E-state index in [-0.39, 0.29) is 0 Å². The summed E-state index contributed by atoms with van der Waals surface area (Å²) in [6, 6.07) is 26.0. The lowest BCUT2D eigenvalue weighted by Gasteiger charge is -2.12. The SMILES string of the molecule is Cc1cccc(-c2cccc(-c3cccc(-c4cccc(C)c4)[n+]3[O-])[n+]2[O-])c1. The first-order valence-electron chi connectivity index (χ1n) is 9.14. The Morgan fingerprint density at radius 3 is 1.25 bits per heavy atom. The first-order chi connectivity index (χ1) is 13.5. The van der Waals surface area contributed by atoms with Crippen LogP contribution in [0.15, 0.2) is 84.9 Å². The van der Waals surface area contributed by atoms with Gasteiger partial charge in [-0.25, -0.2) is 0 Å². The molecule has 138 valence electrons. The van der Waals surface area contributed by atoms with Gasteiger partial charge >= 0.3 is 0 Å². The monoisotopic (exact) mass is 368 g/mol. The number of rotatable bonds is 3. The smallest absolute Gasteiger partial charge is 0.290 e. The van der Waals surface area contributed by atoms with Gasteiger partial charge in [-0.3, -0.25) is 0 Å². The van der Waals surface area contributed by atoms with Crippen LogP contribution in [-0.2, 0) is 0 Å². The molecule has 2 heterocycles. The molecule has 0 saturated carbocycles. The van der Waals surface area contributed by atoms with Crippen molar-refractivity contribution < 1.29 is 9.46 Å². The second-order valence-electron chi connectivity index (χ2n) is 6.92. The van der Waals surface area contributed by atoms with Crippen molar-refractivity contribution in [3.05, 3.63) is 106 Å². The summed E-state index contributed by atoms with van der Waals surface area (Å²) in [5, 5.41) is 26.2. The van der Waals surface area contributed by atoms with Crippen LogP contribution in [-0.4, -0.2) is 0 Å². The molecule has 2 aromatic carbocycles. The summed E-state index contributed by atoms with van der Waals surface area (Å²) in [6.07, 6.45) is 0. The van der Waals surface area contributed by atoms with Gasteiger partial charge in [-0.15, -0.1) is 0 Å². The highest BCUT2D eigenvalue weighted by molar-refractivity contribution is 5.62. The quantitative estimate of drug-likeness (QED) is 0.393. The highest BCUT2D eigenvalue weighted by Crippen LogP contribution is 2.22. The fourth-order valence-corrected chi connectivity index (χ4v) is 3.41. The molecule has 0 aliphatic rings. The molecule has 0 saturated heterocycles. The highest BCUT2D eigenvalue weighted by Gasteiger charge is 2.23. The van der Waals surface area contributed by atoms with Gasteiger partial charge in [0, 0.05) is 35.4 Å². The Bertz CT molecular complexity index is 1080. The maximum absolute atomic E-state index is 13.1. The number of aryl methyl sites for hydroxylation is 2. The van der Waals surface area contributed by atoms with Crippen LogP contribution in [0.1, 0.15) is 11.1 Å². The molecule has 0 atom stereocenters. The van der Waals surface area contributed by atoms with Crippen LogP contribution in [0, 0.1) is 24.3 Å². The molecule has 4 nitrogen and oxygen atoms in total. The number of benzene rings is 2. The van der Waals surface area contributed by atoms with E-state index in [1.165, 1.54) is 0 Å². The third kappa shape index (κ3) is 3.21. The van der Waals surface area contributed by atoms with Crippen LogP contribution in [0.4, 0.5) is 0 Å². The van der Waals surface area contributed by atoms with E-state index in [0.717, 1.165) is 31.7 Å². The van der Waals surface area contributed by atoms with Gasteiger partial charge in [-0.1, -0.05) is 35.4 Å². The topological polar surface area (TPSA) is 53.9 Å². The van der Waals surface area contributed by atoms with E-state index in [2.05, 4.69) is 0 Å². The number of pyridine rings is 2. The maximum atomic E-state index is 13.1. The molecule has 0 N–H and O–H groups in total. The normalized spacial score (nSPS) is 10.8. The van der Waals surface area contributed by atoms with Crippen molar-refractivity contribution in [3.63, 3.8) is 0 Å². The molecule has 4 heteroatoms. The van der Waals surface area contributed by atoms with Crippen LogP contribution in [0.5, 0.6) is 0 Å². The average molecular weight is 368 g/mol. The van der Waals surface area contributed by atoms with Gasteiger partial charge in [0.2, 0.25) is 11.4 Å². The van der Waals surface area contributed by atoms with E-state index in [4.69, 9.17) is 0 Å². The summed E-state index contributed by atoms with van der Waals surface area (Å²) < 4.78 is 1.66. The number of aromatic nitrogens is 2. The van der Waals surface area contributed by atoms with Gasteiger partial charge in [0.25, 0.3) is 11.4 Å². The molecule has 0 aliphatic heterocycles. The van der Waals surface area contributed by atoms with Crippen molar-refractivity contribution in [2.24, 2.45) is 0 Å². The minimum Gasteiger partial charge on any atom is -0.618 e. The van der Waals surface area contributed by atoms with Crippen LogP contribution < -0.4 is 9.46 Å². The standard InChI is InChI=1S/C24H20N2O2/c1-17-7-3-9-19(15-17)21-11-5-13-23(25(21)27)24-14-6-12-22(26(24)28)20-10-4-8-18(2)16-20/h3-16H,1-2H3. The van der Waals surface area contributed by atoms with Crippen LogP contribution in [0.3, 0.4) is 0 Å². The summed E-state index contributed by atoms with van der Waals surface area (Å²) in [5.74, 6) is 0. The van der Waals surface area contributed by atoms with Crippen molar-refractivity contribution >= 4 is 0 Å². The Morgan fingerprint density at radius 1 is 0.500 bits per heavy atom. The van der Waals surface area contributed by atoms with E-state index in [1.807, 2.05) is 62.4 Å². The summed E-state index contributed by atoms with van der Waals surface area (Å²) in [7, 11) is 0. The Balaban J connectivity index is 1.87. The summed E-state index contributed by atoms with van der Waals surface area (Å²) in [4.78, 5) is 0. The zero-order valence-electron chi connectivity index (χ0n) is 15.8. The first-order valence-corrected chi connectivity index (χ1v) is 9.14. The fraction of sp³-hybridized carbons (Fsp3) is 0.0833. The molecular formula is C24H20N2O2. The molecule has 0 bridgehead atoms. The van der Waals surface area contributed by atoms with Gasteiger partial charge in [0.15, 0.2) is 0 Å². The number of nitrogens with zero attached hydrogens (tertiary/aromatic N) is 2. The zero-order chi connectivity index (χ0) is 19.7. The van der Waals surface area contributed by atoms with Crippen molar-refractivity contribution in [2.45, 2.75) is 13.8 Å². The second-order valence-corrected chi connectivity index (χ2v) is 6.92. The predicted octanol–water partition coefficient (Wildman–Crippen LogP) is 4.57. The van der Waals surface area contributed by atoms with Crippen molar-refractivity contribution in [3.8, 4) is 33.9 Å². The summed E-state index contributed by atoms with van der Waals surface area (Å²) in [5.41, 5.74) is 5.47. The third-order valence-electron chi connectivity index (χ3n) is 4.78. The molecule has 0 spiro atoms. The van der Waals surface area contributed by atoms with E-state index in [9.17, 15) is 10.4 Å². The van der Waals surface area contributed by atoms with Crippen molar-refractivity contribution in [2.75, 3.05) is 0 Å². The molecule has 0 unspecified atom stereocenters. The van der Waals surface area contributed by atoms with E-state index < -0.39 is 0 Å². The molecule has 4 aromatic rings. The third-order valence-corrected chi connectivity index (χ3v) is 4.78. The molecule has 0 fully saturated rings.